The third kappa shape index (κ3) is 8.12. The first kappa shape index (κ1) is 28.3. The minimum Gasteiger partial charge on any atom is -0.497 e. The van der Waals surface area contributed by atoms with E-state index in [1.807, 2.05) is 48.5 Å². The Balaban J connectivity index is 1.66. The fourth-order valence-electron chi connectivity index (χ4n) is 4.42. The molecule has 37 heavy (non-hydrogen) atoms. The molecule has 1 atom stereocenters. The smallest absolute Gasteiger partial charge is 0.161 e. The maximum Gasteiger partial charge on any atom is 0.161 e. The summed E-state index contributed by atoms with van der Waals surface area (Å²) in [5.41, 5.74) is 2.04. The highest BCUT2D eigenvalue weighted by atomic mass is 16.5. The Morgan fingerprint density at radius 1 is 0.784 bits per heavy atom. The predicted molar refractivity (Wildman–Crippen MR) is 147 cm³/mol. The maximum absolute atomic E-state index is 10.6. The zero-order valence-corrected chi connectivity index (χ0v) is 22.7. The number of nitrogens with zero attached hydrogens (tertiary/aromatic N) is 1. The van der Waals surface area contributed by atoms with E-state index < -0.39 is 6.10 Å². The van der Waals surface area contributed by atoms with Crippen LogP contribution in [0.4, 0.5) is 0 Å². The van der Waals surface area contributed by atoms with Crippen LogP contribution in [0.5, 0.6) is 23.0 Å². The molecule has 0 saturated carbocycles. The average Bonchev–Trinajstić information content (AvgIpc) is 2.91. The van der Waals surface area contributed by atoms with Gasteiger partial charge in [0, 0.05) is 18.6 Å². The van der Waals surface area contributed by atoms with Crippen LogP contribution in [0.15, 0.2) is 72.8 Å². The summed E-state index contributed by atoms with van der Waals surface area (Å²) in [7, 11) is 7.06. The first-order valence-electron chi connectivity index (χ1n) is 12.4. The molecule has 1 unspecified atom stereocenters. The Morgan fingerprint density at radius 3 is 1.78 bits per heavy atom. The van der Waals surface area contributed by atoms with Gasteiger partial charge in [0.1, 0.15) is 24.2 Å². The van der Waals surface area contributed by atoms with E-state index in [-0.39, 0.29) is 18.2 Å². The maximum atomic E-state index is 10.6. The number of rotatable bonds is 14. The van der Waals surface area contributed by atoms with E-state index in [1.165, 1.54) is 0 Å². The van der Waals surface area contributed by atoms with Crippen LogP contribution in [0, 0.1) is 0 Å². The lowest BCUT2D eigenvalue weighted by atomic mass is 9.95. The molecule has 0 radical (unpaired) electrons. The number of nitrogens with one attached hydrogen (secondary N) is 1. The number of hydrogen-bond donors (Lipinski definition) is 2. The van der Waals surface area contributed by atoms with Crippen LogP contribution in [0.2, 0.25) is 0 Å². The lowest BCUT2D eigenvalue weighted by molar-refractivity contribution is 0.0922. The molecule has 0 amide bonds. The number of methoxy groups -OCH3 is 3. The number of para-hydroxylation sites is 2. The predicted octanol–water partition coefficient (Wildman–Crippen LogP) is 4.54. The largest absolute Gasteiger partial charge is 0.497 e. The van der Waals surface area contributed by atoms with Gasteiger partial charge in [-0.15, -0.1) is 0 Å². The van der Waals surface area contributed by atoms with Gasteiger partial charge in [-0.05, 0) is 68.4 Å². The molecule has 0 aliphatic carbocycles. The van der Waals surface area contributed by atoms with Gasteiger partial charge in [-0.3, -0.25) is 4.90 Å². The summed E-state index contributed by atoms with van der Waals surface area (Å²) < 4.78 is 21.8. The van der Waals surface area contributed by atoms with Crippen LogP contribution < -0.4 is 24.3 Å². The van der Waals surface area contributed by atoms with Crippen LogP contribution in [0.25, 0.3) is 0 Å². The third-order valence-corrected chi connectivity index (χ3v) is 6.27. The summed E-state index contributed by atoms with van der Waals surface area (Å²) >= 11 is 0. The van der Waals surface area contributed by atoms with E-state index >= 15 is 0 Å². The van der Waals surface area contributed by atoms with Gasteiger partial charge >= 0.3 is 0 Å². The second-order valence-corrected chi connectivity index (χ2v) is 9.74. The Labute approximate surface area is 220 Å². The van der Waals surface area contributed by atoms with Crippen LogP contribution in [-0.4, -0.2) is 69.7 Å². The summed E-state index contributed by atoms with van der Waals surface area (Å²) in [6.07, 6.45) is -0.673. The van der Waals surface area contributed by atoms with Crippen LogP contribution in [0.3, 0.4) is 0 Å². The summed E-state index contributed by atoms with van der Waals surface area (Å²) in [6, 6.07) is 23.8. The molecule has 200 valence electrons. The molecule has 0 heterocycles. The van der Waals surface area contributed by atoms with Crippen molar-refractivity contribution in [2.75, 3.05) is 48.1 Å². The van der Waals surface area contributed by atoms with Crippen molar-refractivity contribution in [2.45, 2.75) is 31.5 Å². The standard InChI is InChI=1S/C30H40N2O5/c1-30(2,31-19-24(33)20-37-28-10-8-7-9-27(28)36-6)21-32(3)29(22-11-15-25(34-4)16-12-22)23-13-17-26(35-5)18-14-23/h7-18,24,29,31,33H,19-21H2,1-6H3. The van der Waals surface area contributed by atoms with E-state index in [4.69, 9.17) is 18.9 Å². The molecule has 0 aliphatic rings. The molecule has 7 heteroatoms. The average molecular weight is 509 g/mol. The Morgan fingerprint density at radius 2 is 1.30 bits per heavy atom. The quantitative estimate of drug-likeness (QED) is 0.331. The van der Waals surface area contributed by atoms with Gasteiger partial charge in [-0.2, -0.15) is 0 Å². The molecule has 0 fully saturated rings. The highest BCUT2D eigenvalue weighted by molar-refractivity contribution is 5.39. The van der Waals surface area contributed by atoms with E-state index in [0.717, 1.165) is 29.2 Å². The molecule has 0 aliphatic heterocycles. The summed E-state index contributed by atoms with van der Waals surface area (Å²) in [5.74, 6) is 2.91. The Kier molecular flexibility index (Phi) is 10.2. The number of likely N-dealkylation sites (N-methyl/N-ethyl adjacent to an activating group) is 1. The van der Waals surface area contributed by atoms with Gasteiger partial charge in [-0.1, -0.05) is 36.4 Å². The van der Waals surface area contributed by atoms with Crippen molar-refractivity contribution in [3.63, 3.8) is 0 Å². The highest BCUT2D eigenvalue weighted by Crippen LogP contribution is 2.31. The molecule has 0 spiro atoms. The normalized spacial score (nSPS) is 12.5. The molecular formula is C30H40N2O5. The van der Waals surface area contributed by atoms with E-state index in [1.54, 1.807) is 21.3 Å². The fraction of sp³-hybridized carbons (Fsp3) is 0.400. The fourth-order valence-corrected chi connectivity index (χ4v) is 4.42. The van der Waals surface area contributed by atoms with Crippen molar-refractivity contribution in [3.05, 3.63) is 83.9 Å². The van der Waals surface area contributed by atoms with Gasteiger partial charge < -0.3 is 29.4 Å². The zero-order valence-electron chi connectivity index (χ0n) is 22.7. The number of hydrogen-bond acceptors (Lipinski definition) is 7. The molecule has 3 rings (SSSR count). The lowest BCUT2D eigenvalue weighted by Gasteiger charge is -2.37. The van der Waals surface area contributed by atoms with Gasteiger partial charge in [0.05, 0.1) is 27.4 Å². The van der Waals surface area contributed by atoms with E-state index in [2.05, 4.69) is 55.4 Å². The number of aliphatic hydroxyl groups is 1. The van der Waals surface area contributed by atoms with Crippen LogP contribution in [0.1, 0.15) is 31.0 Å². The zero-order chi connectivity index (χ0) is 26.8. The van der Waals surface area contributed by atoms with Crippen LogP contribution in [-0.2, 0) is 0 Å². The van der Waals surface area contributed by atoms with Gasteiger partial charge in [0.2, 0.25) is 0 Å². The highest BCUT2D eigenvalue weighted by Gasteiger charge is 2.27. The Bertz CT molecular complexity index is 1040. The first-order chi connectivity index (χ1) is 17.8. The van der Waals surface area contributed by atoms with Crippen molar-refractivity contribution in [2.24, 2.45) is 0 Å². The van der Waals surface area contributed by atoms with Gasteiger partial charge in [0.15, 0.2) is 11.5 Å². The van der Waals surface area contributed by atoms with Crippen molar-refractivity contribution < 1.29 is 24.1 Å². The molecule has 0 saturated heterocycles. The SMILES string of the molecule is COc1ccc(C(c2ccc(OC)cc2)N(C)CC(C)(C)NCC(O)COc2ccccc2OC)cc1. The second-order valence-electron chi connectivity index (χ2n) is 9.74. The number of ether oxygens (including phenoxy) is 4. The van der Waals surface area contributed by atoms with E-state index in [9.17, 15) is 5.11 Å². The van der Waals surface area contributed by atoms with Gasteiger partial charge in [0.25, 0.3) is 0 Å². The van der Waals surface area contributed by atoms with E-state index in [0.29, 0.717) is 18.0 Å². The molecule has 7 nitrogen and oxygen atoms in total. The summed E-state index contributed by atoms with van der Waals surface area (Å²) in [5, 5.41) is 14.1. The minimum atomic E-state index is -0.673. The topological polar surface area (TPSA) is 72.4 Å². The van der Waals surface area contributed by atoms with Crippen molar-refractivity contribution in [1.82, 2.24) is 10.2 Å². The summed E-state index contributed by atoms with van der Waals surface area (Å²) in [6.45, 7) is 5.56. The minimum absolute atomic E-state index is 0.0247. The molecule has 2 N–H and O–H groups in total. The van der Waals surface area contributed by atoms with Crippen LogP contribution >= 0.6 is 0 Å². The third-order valence-electron chi connectivity index (χ3n) is 6.27. The van der Waals surface area contributed by atoms with Crippen molar-refractivity contribution >= 4 is 0 Å². The molecule has 0 bridgehead atoms. The second kappa shape index (κ2) is 13.3. The van der Waals surface area contributed by atoms with Crippen molar-refractivity contribution in [3.8, 4) is 23.0 Å². The number of benzene rings is 3. The first-order valence-corrected chi connectivity index (χ1v) is 12.4. The molecule has 3 aromatic carbocycles. The van der Waals surface area contributed by atoms with Gasteiger partial charge in [-0.25, -0.2) is 0 Å². The monoisotopic (exact) mass is 508 g/mol. The molecule has 3 aromatic rings. The number of aliphatic hydroxyl groups excluding tert-OH is 1. The Hall–Kier alpha value is -3.26. The lowest BCUT2D eigenvalue weighted by Crippen LogP contribution is -2.51. The molecule has 0 aromatic heterocycles. The summed E-state index contributed by atoms with van der Waals surface area (Å²) in [4.78, 5) is 2.31. The van der Waals surface area contributed by atoms with Crippen molar-refractivity contribution in [1.29, 1.82) is 0 Å². The molecular weight excluding hydrogens is 468 g/mol. The number of β-amino-alcohol motifs (C(OH)–C–C–N with tert-alkyl or cyclic N) is 1.